The van der Waals surface area contributed by atoms with Crippen LogP contribution >= 0.6 is 11.8 Å². The molecule has 0 aromatic heterocycles. The summed E-state index contributed by atoms with van der Waals surface area (Å²) in [4.78, 5) is 16.6. The monoisotopic (exact) mass is 236 g/mol. The van der Waals surface area contributed by atoms with Crippen LogP contribution in [0.5, 0.6) is 5.75 Å². The second-order valence-corrected chi connectivity index (χ2v) is 4.68. The van der Waals surface area contributed by atoms with Gasteiger partial charge < -0.3 is 10.8 Å². The molecule has 1 aromatic carbocycles. The molecule has 0 saturated heterocycles. The molecule has 1 heterocycles. The standard InChI is InChI=1S/C11H12N2O2S/c1-6(12)11(15)7-4-8(14)10-9(5-7)16-3-2-13-10/h2,4-6,14H,3,12H2,1H3/t6-/m0/s1. The molecule has 84 valence electrons. The SMILES string of the molecule is C[C@H](N)C(=O)c1cc(O)c2c(c1)SCC=N2. The maximum Gasteiger partial charge on any atom is 0.179 e. The molecule has 1 aromatic rings. The van der Waals surface area contributed by atoms with Gasteiger partial charge in [0.25, 0.3) is 0 Å². The zero-order valence-electron chi connectivity index (χ0n) is 8.80. The largest absolute Gasteiger partial charge is 0.506 e. The van der Waals surface area contributed by atoms with Crippen LogP contribution in [0, 0.1) is 0 Å². The normalized spacial score (nSPS) is 15.6. The molecule has 0 saturated carbocycles. The number of ketones is 1. The third kappa shape index (κ3) is 1.96. The van der Waals surface area contributed by atoms with Crippen molar-refractivity contribution in [2.24, 2.45) is 10.7 Å². The van der Waals surface area contributed by atoms with Gasteiger partial charge in [-0.25, -0.2) is 0 Å². The molecule has 16 heavy (non-hydrogen) atoms. The van der Waals surface area contributed by atoms with Crippen molar-refractivity contribution >= 4 is 29.4 Å². The fourth-order valence-corrected chi connectivity index (χ4v) is 2.33. The summed E-state index contributed by atoms with van der Waals surface area (Å²) in [6.45, 7) is 1.63. The van der Waals surface area contributed by atoms with E-state index in [1.807, 2.05) is 0 Å². The van der Waals surface area contributed by atoms with Crippen molar-refractivity contribution < 1.29 is 9.90 Å². The van der Waals surface area contributed by atoms with Gasteiger partial charge in [-0.15, -0.1) is 11.8 Å². The summed E-state index contributed by atoms with van der Waals surface area (Å²) in [5.41, 5.74) is 6.51. The number of benzene rings is 1. The lowest BCUT2D eigenvalue weighted by Crippen LogP contribution is -2.26. The molecule has 0 unspecified atom stereocenters. The van der Waals surface area contributed by atoms with E-state index in [1.165, 1.54) is 6.07 Å². The fraction of sp³-hybridized carbons (Fsp3) is 0.273. The zero-order valence-corrected chi connectivity index (χ0v) is 9.62. The van der Waals surface area contributed by atoms with Gasteiger partial charge in [-0.05, 0) is 19.1 Å². The summed E-state index contributed by atoms with van der Waals surface area (Å²) >= 11 is 1.54. The van der Waals surface area contributed by atoms with Crippen molar-refractivity contribution in [1.82, 2.24) is 0 Å². The molecule has 3 N–H and O–H groups in total. The minimum absolute atomic E-state index is 0.0324. The van der Waals surface area contributed by atoms with E-state index in [2.05, 4.69) is 4.99 Å². The Balaban J connectivity index is 2.48. The van der Waals surface area contributed by atoms with Gasteiger partial charge in [0, 0.05) is 22.4 Å². The maximum atomic E-state index is 11.7. The molecule has 0 radical (unpaired) electrons. The number of nitrogens with two attached hydrogens (primary N) is 1. The van der Waals surface area contributed by atoms with Crippen molar-refractivity contribution in [1.29, 1.82) is 0 Å². The lowest BCUT2D eigenvalue weighted by atomic mass is 10.1. The third-order valence-corrected chi connectivity index (χ3v) is 3.22. The summed E-state index contributed by atoms with van der Waals surface area (Å²) in [5, 5.41) is 9.75. The number of nitrogens with zero attached hydrogens (tertiary/aromatic N) is 1. The third-order valence-electron chi connectivity index (χ3n) is 2.29. The van der Waals surface area contributed by atoms with Gasteiger partial charge in [-0.2, -0.15) is 0 Å². The predicted molar refractivity (Wildman–Crippen MR) is 65.0 cm³/mol. The smallest absolute Gasteiger partial charge is 0.179 e. The molecule has 1 aliphatic heterocycles. The second kappa shape index (κ2) is 4.27. The van der Waals surface area contributed by atoms with E-state index >= 15 is 0 Å². The summed E-state index contributed by atoms with van der Waals surface area (Å²) in [7, 11) is 0. The number of phenolic OH excluding ortho intramolecular Hbond substituents is 1. The van der Waals surface area contributed by atoms with Gasteiger partial charge in [-0.1, -0.05) is 0 Å². The first-order valence-electron chi connectivity index (χ1n) is 4.91. The predicted octanol–water partition coefficient (Wildman–Crippen LogP) is 1.73. The molecule has 0 bridgehead atoms. The molecule has 5 heteroatoms. The molecule has 4 nitrogen and oxygen atoms in total. The maximum absolute atomic E-state index is 11.7. The van der Waals surface area contributed by atoms with Gasteiger partial charge in [0.1, 0.15) is 11.4 Å². The van der Waals surface area contributed by atoms with E-state index in [-0.39, 0.29) is 11.5 Å². The average molecular weight is 236 g/mol. The van der Waals surface area contributed by atoms with E-state index in [0.717, 1.165) is 10.6 Å². The van der Waals surface area contributed by atoms with Crippen LogP contribution in [0.4, 0.5) is 5.69 Å². The zero-order chi connectivity index (χ0) is 11.7. The molecule has 1 aliphatic rings. The van der Waals surface area contributed by atoms with Gasteiger partial charge >= 0.3 is 0 Å². The number of hydrogen-bond acceptors (Lipinski definition) is 5. The quantitative estimate of drug-likeness (QED) is 0.767. The summed E-state index contributed by atoms with van der Waals surface area (Å²) in [6.07, 6.45) is 1.74. The number of carbonyl (C=O) groups excluding carboxylic acids is 1. The highest BCUT2D eigenvalue weighted by Crippen LogP contribution is 2.40. The van der Waals surface area contributed by atoms with E-state index in [1.54, 1.807) is 31.0 Å². The van der Waals surface area contributed by atoms with Gasteiger partial charge in [-0.3, -0.25) is 9.79 Å². The number of hydrogen-bond donors (Lipinski definition) is 2. The van der Waals surface area contributed by atoms with Crippen molar-refractivity contribution in [3.8, 4) is 5.75 Å². The van der Waals surface area contributed by atoms with E-state index in [4.69, 9.17) is 5.73 Å². The number of carbonyl (C=O) groups is 1. The van der Waals surface area contributed by atoms with Gasteiger partial charge in [0.15, 0.2) is 5.78 Å². The van der Waals surface area contributed by atoms with Crippen LogP contribution in [0.25, 0.3) is 0 Å². The molecule has 0 spiro atoms. The summed E-state index contributed by atoms with van der Waals surface area (Å²) in [5.74, 6) is 0.612. The molecular weight excluding hydrogens is 224 g/mol. The minimum Gasteiger partial charge on any atom is -0.506 e. The first-order valence-corrected chi connectivity index (χ1v) is 5.90. The van der Waals surface area contributed by atoms with Crippen molar-refractivity contribution in [3.05, 3.63) is 17.7 Å². The topological polar surface area (TPSA) is 75.7 Å². The Morgan fingerprint density at radius 3 is 3.06 bits per heavy atom. The Bertz CT molecular complexity index is 469. The van der Waals surface area contributed by atoms with Crippen LogP contribution in [-0.2, 0) is 0 Å². The van der Waals surface area contributed by atoms with Gasteiger partial charge in [0.05, 0.1) is 6.04 Å². The lowest BCUT2D eigenvalue weighted by molar-refractivity contribution is 0.0967. The number of aliphatic imine (C=N–C) groups is 1. The first kappa shape index (κ1) is 11.2. The molecule has 0 amide bonds. The molecule has 2 rings (SSSR count). The van der Waals surface area contributed by atoms with Crippen molar-refractivity contribution in [2.45, 2.75) is 17.9 Å². The van der Waals surface area contributed by atoms with E-state index in [9.17, 15) is 9.90 Å². The van der Waals surface area contributed by atoms with E-state index in [0.29, 0.717) is 11.3 Å². The van der Waals surface area contributed by atoms with Crippen LogP contribution in [0.1, 0.15) is 17.3 Å². The second-order valence-electron chi connectivity index (χ2n) is 3.62. The van der Waals surface area contributed by atoms with Crippen molar-refractivity contribution in [2.75, 3.05) is 5.75 Å². The molecule has 0 aliphatic carbocycles. The molecule has 0 fully saturated rings. The van der Waals surface area contributed by atoms with E-state index < -0.39 is 6.04 Å². The highest BCUT2D eigenvalue weighted by Gasteiger charge is 2.17. The minimum atomic E-state index is -0.561. The molecule has 1 atom stereocenters. The number of fused-ring (bicyclic) bond motifs is 1. The van der Waals surface area contributed by atoms with Crippen LogP contribution in [0.2, 0.25) is 0 Å². The fourth-order valence-electron chi connectivity index (χ4n) is 1.49. The molecular formula is C11H12N2O2S. The Labute approximate surface area is 97.6 Å². The highest BCUT2D eigenvalue weighted by molar-refractivity contribution is 8.00. The van der Waals surface area contributed by atoms with Crippen LogP contribution in [0.3, 0.4) is 0 Å². The number of Topliss-reactive ketones (excluding diaryl/α,β-unsaturated/α-hetero) is 1. The number of phenols is 1. The number of aromatic hydroxyl groups is 1. The first-order chi connectivity index (χ1) is 7.59. The Hall–Kier alpha value is -1.33. The Kier molecular flexibility index (Phi) is 2.98. The number of thioether (sulfide) groups is 1. The van der Waals surface area contributed by atoms with Crippen LogP contribution in [0.15, 0.2) is 22.0 Å². The van der Waals surface area contributed by atoms with Crippen LogP contribution < -0.4 is 5.73 Å². The summed E-state index contributed by atoms with van der Waals surface area (Å²) < 4.78 is 0. The Morgan fingerprint density at radius 1 is 1.62 bits per heavy atom. The lowest BCUT2D eigenvalue weighted by Gasteiger charge is -2.13. The van der Waals surface area contributed by atoms with Crippen LogP contribution in [-0.4, -0.2) is 28.9 Å². The van der Waals surface area contributed by atoms with Gasteiger partial charge in [0.2, 0.25) is 0 Å². The number of rotatable bonds is 2. The summed E-state index contributed by atoms with van der Waals surface area (Å²) in [6, 6.07) is 2.60. The average Bonchev–Trinajstić information content (AvgIpc) is 2.28. The highest BCUT2D eigenvalue weighted by atomic mass is 32.2. The Morgan fingerprint density at radius 2 is 2.38 bits per heavy atom. The van der Waals surface area contributed by atoms with Crippen molar-refractivity contribution in [3.63, 3.8) is 0 Å².